The lowest BCUT2D eigenvalue weighted by Gasteiger charge is -2.46. The average molecular weight is 239 g/mol. The highest BCUT2D eigenvalue weighted by Crippen LogP contribution is 2.38. The number of hydrogen-bond acceptors (Lipinski definition) is 2. The molecule has 0 amide bonds. The molecule has 2 nitrogen and oxygen atoms in total. The Morgan fingerprint density at radius 1 is 0.941 bits per heavy atom. The normalized spacial score (nSPS) is 36.2. The molecule has 1 aliphatic heterocycles. The molecule has 2 atom stereocenters. The van der Waals surface area contributed by atoms with Crippen molar-refractivity contribution in [3.8, 4) is 0 Å². The molecule has 0 spiro atoms. The molecule has 1 saturated carbocycles. The van der Waals surface area contributed by atoms with E-state index in [-0.39, 0.29) is 11.5 Å². The fourth-order valence-corrected chi connectivity index (χ4v) is 3.58. The maximum absolute atomic E-state index is 10.6. The van der Waals surface area contributed by atoms with Crippen LogP contribution in [0.1, 0.15) is 65.2 Å². The summed E-state index contributed by atoms with van der Waals surface area (Å²) in [5.41, 5.74) is 0.116. The molecule has 2 aliphatic rings. The Kier molecular flexibility index (Phi) is 4.48. The quantitative estimate of drug-likeness (QED) is 0.759. The standard InChI is InChI=1S/C15H29NO/c1-15(2)10-8-9-13(14(15)17)16-11-6-4-3-5-7-12-16/h13-14,17H,3-12H2,1-2H3. The molecule has 2 rings (SSSR count). The van der Waals surface area contributed by atoms with E-state index < -0.39 is 0 Å². The second kappa shape index (κ2) is 5.71. The molecular formula is C15H29NO. The van der Waals surface area contributed by atoms with Gasteiger partial charge in [0.1, 0.15) is 0 Å². The lowest BCUT2D eigenvalue weighted by Crippen LogP contribution is -2.53. The summed E-state index contributed by atoms with van der Waals surface area (Å²) in [5.74, 6) is 0. The van der Waals surface area contributed by atoms with Crippen LogP contribution in [0.2, 0.25) is 0 Å². The molecule has 17 heavy (non-hydrogen) atoms. The highest BCUT2D eigenvalue weighted by atomic mass is 16.3. The molecule has 0 bridgehead atoms. The Bertz CT molecular complexity index is 231. The smallest absolute Gasteiger partial charge is 0.0746 e. The van der Waals surface area contributed by atoms with Gasteiger partial charge in [-0.15, -0.1) is 0 Å². The van der Waals surface area contributed by atoms with Crippen molar-refractivity contribution >= 4 is 0 Å². The zero-order valence-electron chi connectivity index (χ0n) is 11.6. The van der Waals surface area contributed by atoms with Gasteiger partial charge in [0.25, 0.3) is 0 Å². The van der Waals surface area contributed by atoms with E-state index >= 15 is 0 Å². The predicted molar refractivity (Wildman–Crippen MR) is 72.1 cm³/mol. The highest BCUT2D eigenvalue weighted by molar-refractivity contribution is 4.93. The van der Waals surface area contributed by atoms with E-state index in [1.165, 1.54) is 64.5 Å². The van der Waals surface area contributed by atoms with Crippen LogP contribution in [0.3, 0.4) is 0 Å². The van der Waals surface area contributed by atoms with E-state index in [2.05, 4.69) is 18.7 Å². The van der Waals surface area contributed by atoms with Crippen LogP contribution >= 0.6 is 0 Å². The van der Waals surface area contributed by atoms with E-state index in [9.17, 15) is 5.11 Å². The van der Waals surface area contributed by atoms with Crippen molar-refractivity contribution in [2.24, 2.45) is 5.41 Å². The average Bonchev–Trinajstić information content (AvgIpc) is 2.23. The Morgan fingerprint density at radius 2 is 1.53 bits per heavy atom. The minimum atomic E-state index is -0.129. The van der Waals surface area contributed by atoms with Gasteiger partial charge in [-0.2, -0.15) is 0 Å². The van der Waals surface area contributed by atoms with Gasteiger partial charge in [0.05, 0.1) is 6.10 Å². The maximum Gasteiger partial charge on any atom is 0.0746 e. The van der Waals surface area contributed by atoms with Crippen molar-refractivity contribution < 1.29 is 5.11 Å². The van der Waals surface area contributed by atoms with Crippen molar-refractivity contribution in [1.82, 2.24) is 4.90 Å². The van der Waals surface area contributed by atoms with E-state index in [1.54, 1.807) is 0 Å². The first-order valence-electron chi connectivity index (χ1n) is 7.53. The highest BCUT2D eigenvalue weighted by Gasteiger charge is 2.40. The molecule has 2 unspecified atom stereocenters. The SMILES string of the molecule is CC1(C)CCCC(N2CCCCCCC2)C1O. The van der Waals surface area contributed by atoms with Gasteiger partial charge < -0.3 is 5.11 Å². The van der Waals surface area contributed by atoms with Gasteiger partial charge >= 0.3 is 0 Å². The lowest BCUT2D eigenvalue weighted by molar-refractivity contribution is -0.0588. The van der Waals surface area contributed by atoms with Crippen LogP contribution in [-0.2, 0) is 0 Å². The van der Waals surface area contributed by atoms with Gasteiger partial charge in [-0.25, -0.2) is 0 Å². The molecule has 1 heterocycles. The minimum Gasteiger partial charge on any atom is -0.391 e. The molecule has 0 aromatic heterocycles. The summed E-state index contributed by atoms with van der Waals surface area (Å²) < 4.78 is 0. The van der Waals surface area contributed by atoms with Crippen molar-refractivity contribution in [2.45, 2.75) is 77.4 Å². The lowest BCUT2D eigenvalue weighted by atomic mass is 9.72. The second-order valence-electron chi connectivity index (χ2n) is 6.70. The third-order valence-corrected chi connectivity index (χ3v) is 4.85. The van der Waals surface area contributed by atoms with Gasteiger partial charge in [0.2, 0.25) is 0 Å². The maximum atomic E-state index is 10.6. The third-order valence-electron chi connectivity index (χ3n) is 4.85. The van der Waals surface area contributed by atoms with Gasteiger partial charge in [-0.05, 0) is 44.2 Å². The van der Waals surface area contributed by atoms with Crippen LogP contribution in [-0.4, -0.2) is 35.2 Å². The number of rotatable bonds is 1. The van der Waals surface area contributed by atoms with Crippen molar-refractivity contribution in [2.75, 3.05) is 13.1 Å². The molecule has 1 saturated heterocycles. The second-order valence-corrected chi connectivity index (χ2v) is 6.70. The molecular weight excluding hydrogens is 210 g/mol. The molecule has 0 radical (unpaired) electrons. The predicted octanol–water partition coefficient (Wildman–Crippen LogP) is 3.19. The molecule has 0 aromatic carbocycles. The summed E-state index contributed by atoms with van der Waals surface area (Å²) in [4.78, 5) is 2.59. The summed E-state index contributed by atoms with van der Waals surface area (Å²) in [6.07, 6.45) is 10.3. The number of aliphatic hydroxyl groups excluding tert-OH is 1. The van der Waals surface area contributed by atoms with Crippen molar-refractivity contribution in [3.63, 3.8) is 0 Å². The Morgan fingerprint density at radius 3 is 2.18 bits per heavy atom. The van der Waals surface area contributed by atoms with Gasteiger partial charge in [-0.1, -0.05) is 39.5 Å². The zero-order valence-corrected chi connectivity index (χ0v) is 11.6. The fourth-order valence-electron chi connectivity index (χ4n) is 3.58. The van der Waals surface area contributed by atoms with Crippen LogP contribution < -0.4 is 0 Å². The van der Waals surface area contributed by atoms with Crippen LogP contribution in [0.4, 0.5) is 0 Å². The molecule has 2 fully saturated rings. The summed E-state index contributed by atoms with van der Waals surface area (Å²) in [6, 6.07) is 0.428. The van der Waals surface area contributed by atoms with Gasteiger partial charge in [-0.3, -0.25) is 4.90 Å². The van der Waals surface area contributed by atoms with Crippen molar-refractivity contribution in [3.05, 3.63) is 0 Å². The van der Waals surface area contributed by atoms with Gasteiger partial charge in [0.15, 0.2) is 0 Å². The topological polar surface area (TPSA) is 23.5 Å². The van der Waals surface area contributed by atoms with Crippen LogP contribution in [0, 0.1) is 5.41 Å². The van der Waals surface area contributed by atoms with Gasteiger partial charge in [0, 0.05) is 6.04 Å². The molecule has 100 valence electrons. The third kappa shape index (κ3) is 3.23. The summed E-state index contributed by atoms with van der Waals surface area (Å²) in [5, 5.41) is 10.6. The summed E-state index contributed by atoms with van der Waals surface area (Å²) >= 11 is 0. The van der Waals surface area contributed by atoms with E-state index in [0.717, 1.165) is 0 Å². The summed E-state index contributed by atoms with van der Waals surface area (Å²) in [6.45, 7) is 6.87. The summed E-state index contributed by atoms with van der Waals surface area (Å²) in [7, 11) is 0. The van der Waals surface area contributed by atoms with E-state index in [4.69, 9.17) is 0 Å². The molecule has 1 N–H and O–H groups in total. The van der Waals surface area contributed by atoms with Crippen LogP contribution in [0.25, 0.3) is 0 Å². The first-order valence-corrected chi connectivity index (χ1v) is 7.53. The first kappa shape index (κ1) is 13.4. The van der Waals surface area contributed by atoms with Crippen molar-refractivity contribution in [1.29, 1.82) is 0 Å². The van der Waals surface area contributed by atoms with Crippen LogP contribution in [0.5, 0.6) is 0 Å². The zero-order chi connectivity index (χ0) is 12.3. The molecule has 2 heteroatoms. The molecule has 0 aromatic rings. The number of hydrogen-bond donors (Lipinski definition) is 1. The van der Waals surface area contributed by atoms with Crippen LogP contribution in [0.15, 0.2) is 0 Å². The number of nitrogens with zero attached hydrogens (tertiary/aromatic N) is 1. The Balaban J connectivity index is 1.98. The van der Waals surface area contributed by atoms with E-state index in [0.29, 0.717) is 6.04 Å². The Labute approximate surface area is 106 Å². The Hall–Kier alpha value is -0.0800. The number of aliphatic hydroxyl groups is 1. The fraction of sp³-hybridized carbons (Fsp3) is 1.00. The minimum absolute atomic E-state index is 0.116. The van der Waals surface area contributed by atoms with E-state index in [1.807, 2.05) is 0 Å². The largest absolute Gasteiger partial charge is 0.391 e. The molecule has 1 aliphatic carbocycles. The number of likely N-dealkylation sites (tertiary alicyclic amines) is 1. The monoisotopic (exact) mass is 239 g/mol. The first-order chi connectivity index (χ1) is 8.11.